The molecule has 2 heterocycles. The van der Waals surface area contributed by atoms with Crippen LogP contribution < -0.4 is 5.32 Å². The van der Waals surface area contributed by atoms with E-state index in [9.17, 15) is 4.39 Å². The molecule has 4 heteroatoms. The molecule has 3 nitrogen and oxygen atoms in total. The molecule has 0 spiro atoms. The molecule has 0 aromatic rings. The average Bonchev–Trinajstić information content (AvgIpc) is 2.68. The highest BCUT2D eigenvalue weighted by atomic mass is 19.1. The maximum Gasteiger partial charge on any atom is 0.118 e. The van der Waals surface area contributed by atoms with Gasteiger partial charge < -0.3 is 10.2 Å². The monoisotopic (exact) mass is 299 g/mol. The third-order valence-electron chi connectivity index (χ3n) is 5.00. The van der Waals surface area contributed by atoms with Crippen molar-refractivity contribution in [2.24, 2.45) is 11.3 Å². The fourth-order valence-corrected chi connectivity index (χ4v) is 4.07. The summed E-state index contributed by atoms with van der Waals surface area (Å²) in [5.74, 6) is 0.127. The Morgan fingerprint density at radius 3 is 2.10 bits per heavy atom. The van der Waals surface area contributed by atoms with Gasteiger partial charge in [0.05, 0.1) is 0 Å². The number of likely N-dealkylation sites (tertiary alicyclic amines) is 1. The first-order valence-corrected chi connectivity index (χ1v) is 8.44. The summed E-state index contributed by atoms with van der Waals surface area (Å²) >= 11 is 0. The molecular weight excluding hydrogens is 265 g/mol. The minimum absolute atomic E-state index is 0.0283. The minimum Gasteiger partial charge on any atom is -0.314 e. The number of rotatable bonds is 2. The van der Waals surface area contributed by atoms with Crippen LogP contribution in [0.25, 0.3) is 0 Å². The quantitative estimate of drug-likeness (QED) is 0.844. The highest BCUT2D eigenvalue weighted by molar-refractivity contribution is 5.03. The Labute approximate surface area is 130 Å². The third kappa shape index (κ3) is 3.96. The van der Waals surface area contributed by atoms with Gasteiger partial charge >= 0.3 is 0 Å². The normalized spacial score (nSPS) is 33.6. The van der Waals surface area contributed by atoms with E-state index in [1.807, 2.05) is 0 Å². The minimum atomic E-state index is -0.705. The van der Waals surface area contributed by atoms with Gasteiger partial charge in [-0.15, -0.1) is 0 Å². The Balaban J connectivity index is 2.16. The van der Waals surface area contributed by atoms with E-state index in [-0.39, 0.29) is 16.9 Å². The second kappa shape index (κ2) is 6.13. The molecule has 1 unspecified atom stereocenters. The Morgan fingerprint density at radius 1 is 1.05 bits per heavy atom. The number of halogens is 1. The topological polar surface area (TPSA) is 18.5 Å². The molecule has 2 fully saturated rings. The predicted octanol–water partition coefficient (Wildman–Crippen LogP) is 2.37. The van der Waals surface area contributed by atoms with Crippen molar-refractivity contribution in [3.8, 4) is 0 Å². The van der Waals surface area contributed by atoms with Crippen LogP contribution in [-0.4, -0.2) is 66.8 Å². The predicted molar refractivity (Wildman–Crippen MR) is 87.4 cm³/mol. The van der Waals surface area contributed by atoms with Crippen LogP contribution in [0.4, 0.5) is 4.39 Å². The van der Waals surface area contributed by atoms with E-state index >= 15 is 0 Å². The van der Waals surface area contributed by atoms with Crippen LogP contribution >= 0.6 is 0 Å². The van der Waals surface area contributed by atoms with E-state index < -0.39 is 6.17 Å². The summed E-state index contributed by atoms with van der Waals surface area (Å²) in [5, 5.41) is 3.38. The van der Waals surface area contributed by atoms with Crippen LogP contribution in [0, 0.1) is 11.3 Å². The van der Waals surface area contributed by atoms with Crippen molar-refractivity contribution in [1.29, 1.82) is 0 Å². The summed E-state index contributed by atoms with van der Waals surface area (Å²) in [6.45, 7) is 19.1. The lowest BCUT2D eigenvalue weighted by atomic mass is 9.77. The zero-order chi connectivity index (χ0) is 15.8. The summed E-state index contributed by atoms with van der Waals surface area (Å²) in [4.78, 5) is 4.85. The molecule has 2 aliphatic heterocycles. The van der Waals surface area contributed by atoms with Gasteiger partial charge in [0, 0.05) is 56.8 Å². The smallest absolute Gasteiger partial charge is 0.118 e. The third-order valence-corrected chi connectivity index (χ3v) is 5.00. The molecular formula is C17H34FN3. The van der Waals surface area contributed by atoms with Crippen molar-refractivity contribution in [3.63, 3.8) is 0 Å². The SMILES string of the molecule is CC(C)(C)[C@@H]1C(CN2CCNCC2)[C@@H](F)CN1C(C)(C)C. The summed E-state index contributed by atoms with van der Waals surface area (Å²) in [6.07, 6.45) is -0.705. The van der Waals surface area contributed by atoms with Crippen molar-refractivity contribution in [3.05, 3.63) is 0 Å². The van der Waals surface area contributed by atoms with Gasteiger partial charge in [-0.3, -0.25) is 4.90 Å². The summed E-state index contributed by atoms with van der Waals surface area (Å²) < 4.78 is 14.8. The van der Waals surface area contributed by atoms with Gasteiger partial charge in [-0.25, -0.2) is 4.39 Å². The lowest BCUT2D eigenvalue weighted by Crippen LogP contribution is -2.54. The molecule has 0 radical (unpaired) electrons. The number of nitrogens with zero attached hydrogens (tertiary/aromatic N) is 2. The molecule has 124 valence electrons. The van der Waals surface area contributed by atoms with Gasteiger partial charge in [-0.05, 0) is 26.2 Å². The molecule has 0 bridgehead atoms. The zero-order valence-electron chi connectivity index (χ0n) is 14.7. The van der Waals surface area contributed by atoms with Crippen LogP contribution in [0.15, 0.2) is 0 Å². The van der Waals surface area contributed by atoms with Crippen LogP contribution in [-0.2, 0) is 0 Å². The van der Waals surface area contributed by atoms with Crippen molar-refractivity contribution < 1.29 is 4.39 Å². The lowest BCUT2D eigenvalue weighted by molar-refractivity contribution is 0.0290. The molecule has 0 aromatic heterocycles. The Bertz CT molecular complexity index is 339. The first-order valence-electron chi connectivity index (χ1n) is 8.44. The van der Waals surface area contributed by atoms with Gasteiger partial charge in [0.25, 0.3) is 0 Å². The van der Waals surface area contributed by atoms with E-state index in [0.717, 1.165) is 32.7 Å². The van der Waals surface area contributed by atoms with Gasteiger partial charge in [0.15, 0.2) is 0 Å². The molecule has 2 aliphatic rings. The number of hydrogen-bond donors (Lipinski definition) is 1. The van der Waals surface area contributed by atoms with Gasteiger partial charge in [0.1, 0.15) is 6.17 Å². The summed E-state index contributed by atoms with van der Waals surface area (Å²) in [7, 11) is 0. The average molecular weight is 299 g/mol. The van der Waals surface area contributed by atoms with Crippen molar-refractivity contribution >= 4 is 0 Å². The van der Waals surface area contributed by atoms with Crippen LogP contribution in [0.3, 0.4) is 0 Å². The molecule has 0 aliphatic carbocycles. The van der Waals surface area contributed by atoms with Crippen molar-refractivity contribution in [2.75, 3.05) is 39.3 Å². The number of piperazine rings is 1. The fraction of sp³-hybridized carbons (Fsp3) is 1.00. The standard InChI is InChI=1S/C17H34FN3/c1-16(2,3)15-13(11-20-9-7-19-8-10-20)14(18)12-21(15)17(4,5)6/h13-15,19H,7-12H2,1-6H3/t13?,14-,15-/m0/s1. The lowest BCUT2D eigenvalue weighted by Gasteiger charge is -2.45. The van der Waals surface area contributed by atoms with Gasteiger partial charge in [0.2, 0.25) is 0 Å². The molecule has 1 N–H and O–H groups in total. The Hall–Kier alpha value is -0.190. The number of alkyl halides is 1. The zero-order valence-corrected chi connectivity index (χ0v) is 14.7. The van der Waals surface area contributed by atoms with E-state index in [0.29, 0.717) is 12.6 Å². The molecule has 3 atom stereocenters. The van der Waals surface area contributed by atoms with E-state index in [2.05, 4.69) is 56.7 Å². The maximum absolute atomic E-state index is 14.8. The Kier molecular flexibility index (Phi) is 5.01. The van der Waals surface area contributed by atoms with Crippen molar-refractivity contribution in [1.82, 2.24) is 15.1 Å². The van der Waals surface area contributed by atoms with Crippen molar-refractivity contribution in [2.45, 2.75) is 59.3 Å². The second-order valence-corrected chi connectivity index (χ2v) is 8.86. The highest BCUT2D eigenvalue weighted by Gasteiger charge is 2.50. The molecule has 2 rings (SSSR count). The Morgan fingerprint density at radius 2 is 1.62 bits per heavy atom. The van der Waals surface area contributed by atoms with E-state index in [1.165, 1.54) is 0 Å². The van der Waals surface area contributed by atoms with E-state index in [4.69, 9.17) is 0 Å². The fourth-order valence-electron chi connectivity index (χ4n) is 4.07. The van der Waals surface area contributed by atoms with Crippen LogP contribution in [0.2, 0.25) is 0 Å². The van der Waals surface area contributed by atoms with Gasteiger partial charge in [-0.1, -0.05) is 20.8 Å². The number of hydrogen-bond acceptors (Lipinski definition) is 3. The first kappa shape index (κ1) is 17.2. The molecule has 0 saturated carbocycles. The molecule has 0 aromatic carbocycles. The van der Waals surface area contributed by atoms with Crippen LogP contribution in [0.1, 0.15) is 41.5 Å². The molecule has 21 heavy (non-hydrogen) atoms. The van der Waals surface area contributed by atoms with Crippen LogP contribution in [0.5, 0.6) is 0 Å². The maximum atomic E-state index is 14.8. The highest BCUT2D eigenvalue weighted by Crippen LogP contribution is 2.42. The van der Waals surface area contributed by atoms with Gasteiger partial charge in [-0.2, -0.15) is 0 Å². The largest absolute Gasteiger partial charge is 0.314 e. The second-order valence-electron chi connectivity index (χ2n) is 8.86. The molecule has 2 saturated heterocycles. The molecule has 0 amide bonds. The summed E-state index contributed by atoms with van der Waals surface area (Å²) in [5.41, 5.74) is 0.132. The first-order chi connectivity index (χ1) is 9.60. The number of nitrogens with one attached hydrogen (secondary N) is 1. The van der Waals surface area contributed by atoms with E-state index in [1.54, 1.807) is 0 Å². The summed E-state index contributed by atoms with van der Waals surface area (Å²) in [6, 6.07) is 0.308.